The minimum absolute atomic E-state index is 0.0447. The van der Waals surface area contributed by atoms with E-state index in [0.717, 1.165) is 12.1 Å². The smallest absolute Gasteiger partial charge is 0.255 e. The number of aromatic amines is 1. The Morgan fingerprint density at radius 1 is 1.42 bits per heavy atom. The van der Waals surface area contributed by atoms with E-state index >= 15 is 0 Å². The summed E-state index contributed by atoms with van der Waals surface area (Å²) in [5.74, 6) is -2.02. The van der Waals surface area contributed by atoms with Gasteiger partial charge in [-0.3, -0.25) is 14.7 Å². The topological polar surface area (TPSA) is 78.1 Å². The molecule has 0 bridgehead atoms. The summed E-state index contributed by atoms with van der Waals surface area (Å²) in [6, 6.07) is 2.61. The third-order valence-corrected chi connectivity index (χ3v) is 3.97. The number of hydrogen-bond acceptors (Lipinski definition) is 3. The molecule has 8 heteroatoms. The monoisotopic (exact) mass is 334 g/mol. The molecule has 0 saturated carbocycles. The standard InChI is InChI=1S/C16H16F2N4O2/c17-12-4-3-10(13(18)6-12)9-22-5-1-2-14(16(22)24)21-15(23)11-7-19-20-8-11/h3-4,6-8,14H,1-2,5,9H2,(H,19,20)(H,21,23)/t14-/m1/s1. The molecule has 2 heterocycles. The SMILES string of the molecule is O=C(N[C@@H]1CCCN(Cc2ccc(F)cc2F)C1=O)c1cn[nH]c1. The van der Waals surface area contributed by atoms with Crippen molar-refractivity contribution in [2.45, 2.75) is 25.4 Å². The number of likely N-dealkylation sites (tertiary alicyclic amines) is 1. The molecule has 126 valence electrons. The van der Waals surface area contributed by atoms with Crippen LogP contribution in [0.4, 0.5) is 8.78 Å². The molecule has 1 atom stereocenters. The van der Waals surface area contributed by atoms with E-state index in [1.807, 2.05) is 0 Å². The number of H-pyrrole nitrogens is 1. The highest BCUT2D eigenvalue weighted by atomic mass is 19.1. The zero-order chi connectivity index (χ0) is 17.1. The van der Waals surface area contributed by atoms with E-state index < -0.39 is 23.6 Å². The van der Waals surface area contributed by atoms with Crippen LogP contribution >= 0.6 is 0 Å². The molecule has 1 aliphatic heterocycles. The average Bonchev–Trinajstić information content (AvgIpc) is 3.08. The highest BCUT2D eigenvalue weighted by molar-refractivity contribution is 5.97. The largest absolute Gasteiger partial charge is 0.340 e. The van der Waals surface area contributed by atoms with Crippen molar-refractivity contribution in [3.8, 4) is 0 Å². The summed E-state index contributed by atoms with van der Waals surface area (Å²) in [6.07, 6.45) is 4.01. The number of nitrogens with zero attached hydrogens (tertiary/aromatic N) is 2. The molecule has 0 spiro atoms. The summed E-state index contributed by atoms with van der Waals surface area (Å²) >= 11 is 0. The molecule has 0 radical (unpaired) electrons. The molecule has 3 rings (SSSR count). The van der Waals surface area contributed by atoms with Crippen LogP contribution < -0.4 is 5.32 Å². The van der Waals surface area contributed by atoms with Crippen LogP contribution in [0.15, 0.2) is 30.6 Å². The number of carbonyl (C=O) groups is 2. The van der Waals surface area contributed by atoms with Gasteiger partial charge in [0.15, 0.2) is 0 Å². The lowest BCUT2D eigenvalue weighted by atomic mass is 10.0. The molecule has 2 amide bonds. The predicted molar refractivity (Wildman–Crippen MR) is 80.9 cm³/mol. The van der Waals surface area contributed by atoms with Gasteiger partial charge >= 0.3 is 0 Å². The maximum absolute atomic E-state index is 13.8. The lowest BCUT2D eigenvalue weighted by Gasteiger charge is -2.32. The summed E-state index contributed by atoms with van der Waals surface area (Å²) < 4.78 is 26.7. The first kappa shape index (κ1) is 16.1. The van der Waals surface area contributed by atoms with Gasteiger partial charge in [0.1, 0.15) is 17.7 Å². The normalized spacial score (nSPS) is 17.8. The van der Waals surface area contributed by atoms with Crippen molar-refractivity contribution in [2.75, 3.05) is 6.54 Å². The first-order chi connectivity index (χ1) is 11.5. The van der Waals surface area contributed by atoms with E-state index in [-0.39, 0.29) is 18.0 Å². The van der Waals surface area contributed by atoms with Crippen molar-refractivity contribution in [1.82, 2.24) is 20.4 Å². The number of rotatable bonds is 4. The molecule has 1 saturated heterocycles. The molecular formula is C16H16F2N4O2. The summed E-state index contributed by atoms with van der Waals surface area (Å²) in [4.78, 5) is 26.0. The highest BCUT2D eigenvalue weighted by Crippen LogP contribution is 2.18. The highest BCUT2D eigenvalue weighted by Gasteiger charge is 2.30. The molecular weight excluding hydrogens is 318 g/mol. The maximum atomic E-state index is 13.8. The lowest BCUT2D eigenvalue weighted by Crippen LogP contribution is -2.51. The number of aromatic nitrogens is 2. The van der Waals surface area contributed by atoms with Gasteiger partial charge in [0, 0.05) is 30.9 Å². The third kappa shape index (κ3) is 3.42. The van der Waals surface area contributed by atoms with E-state index in [1.54, 1.807) is 0 Å². The van der Waals surface area contributed by atoms with Gasteiger partial charge < -0.3 is 10.2 Å². The number of amides is 2. The van der Waals surface area contributed by atoms with Crippen molar-refractivity contribution in [3.05, 3.63) is 53.4 Å². The molecule has 6 nitrogen and oxygen atoms in total. The number of benzene rings is 1. The van der Waals surface area contributed by atoms with E-state index in [1.165, 1.54) is 23.4 Å². The van der Waals surface area contributed by atoms with Gasteiger partial charge in [-0.25, -0.2) is 8.78 Å². The Balaban J connectivity index is 1.67. The fourth-order valence-corrected chi connectivity index (χ4v) is 2.70. The zero-order valence-corrected chi connectivity index (χ0v) is 12.8. The Morgan fingerprint density at radius 2 is 2.25 bits per heavy atom. The Morgan fingerprint density at radius 3 is 2.96 bits per heavy atom. The quantitative estimate of drug-likeness (QED) is 0.892. The van der Waals surface area contributed by atoms with Gasteiger partial charge in [0.2, 0.25) is 5.91 Å². The molecule has 1 aromatic carbocycles. The number of halogens is 2. The molecule has 0 aliphatic carbocycles. The van der Waals surface area contributed by atoms with Crippen LogP contribution in [0, 0.1) is 11.6 Å². The van der Waals surface area contributed by atoms with Gasteiger partial charge in [-0.2, -0.15) is 5.10 Å². The number of nitrogens with one attached hydrogen (secondary N) is 2. The summed E-state index contributed by atoms with van der Waals surface area (Å²) in [6.45, 7) is 0.511. The molecule has 1 fully saturated rings. The van der Waals surface area contributed by atoms with Crippen molar-refractivity contribution < 1.29 is 18.4 Å². The molecule has 24 heavy (non-hydrogen) atoms. The summed E-state index contributed by atoms with van der Waals surface area (Å²) in [7, 11) is 0. The van der Waals surface area contributed by atoms with Gasteiger partial charge in [-0.05, 0) is 18.9 Å². The Labute approximate surface area is 136 Å². The van der Waals surface area contributed by atoms with Gasteiger partial charge in [0.25, 0.3) is 5.91 Å². The number of hydrogen-bond donors (Lipinski definition) is 2. The molecule has 0 unspecified atom stereocenters. The van der Waals surface area contributed by atoms with Gasteiger partial charge in [-0.15, -0.1) is 0 Å². The Kier molecular flexibility index (Phi) is 4.54. The van der Waals surface area contributed by atoms with Crippen LogP contribution in [0.3, 0.4) is 0 Å². The van der Waals surface area contributed by atoms with E-state index in [9.17, 15) is 18.4 Å². The molecule has 1 aliphatic rings. The summed E-state index contributed by atoms with van der Waals surface area (Å²) in [5.41, 5.74) is 0.580. The Hall–Kier alpha value is -2.77. The lowest BCUT2D eigenvalue weighted by molar-refractivity contribution is -0.136. The number of piperidine rings is 1. The number of carbonyl (C=O) groups excluding carboxylic acids is 2. The fourth-order valence-electron chi connectivity index (χ4n) is 2.70. The average molecular weight is 334 g/mol. The second kappa shape index (κ2) is 6.77. The fraction of sp³-hybridized carbons (Fsp3) is 0.312. The van der Waals surface area contributed by atoms with Crippen LogP contribution in [-0.2, 0) is 11.3 Å². The second-order valence-corrected chi connectivity index (χ2v) is 5.65. The molecule has 2 aromatic rings. The predicted octanol–water partition coefficient (Wildman–Crippen LogP) is 1.61. The van der Waals surface area contributed by atoms with Crippen molar-refractivity contribution in [1.29, 1.82) is 0 Å². The van der Waals surface area contributed by atoms with E-state index in [2.05, 4.69) is 15.5 Å². The first-order valence-corrected chi connectivity index (χ1v) is 7.57. The van der Waals surface area contributed by atoms with Crippen LogP contribution in [0.2, 0.25) is 0 Å². The van der Waals surface area contributed by atoms with Crippen molar-refractivity contribution in [3.63, 3.8) is 0 Å². The molecule has 2 N–H and O–H groups in total. The van der Waals surface area contributed by atoms with Crippen LogP contribution in [0.25, 0.3) is 0 Å². The van der Waals surface area contributed by atoms with Crippen LogP contribution in [-0.4, -0.2) is 39.5 Å². The van der Waals surface area contributed by atoms with E-state index in [4.69, 9.17) is 0 Å². The van der Waals surface area contributed by atoms with Crippen molar-refractivity contribution >= 4 is 11.8 Å². The van der Waals surface area contributed by atoms with Gasteiger partial charge in [0.05, 0.1) is 11.8 Å². The van der Waals surface area contributed by atoms with E-state index in [0.29, 0.717) is 24.9 Å². The van der Waals surface area contributed by atoms with Crippen LogP contribution in [0.5, 0.6) is 0 Å². The second-order valence-electron chi connectivity index (χ2n) is 5.65. The summed E-state index contributed by atoms with van der Waals surface area (Å²) in [5, 5.41) is 8.89. The minimum atomic E-state index is -0.688. The maximum Gasteiger partial charge on any atom is 0.255 e. The molecule has 1 aromatic heterocycles. The minimum Gasteiger partial charge on any atom is -0.340 e. The Bertz CT molecular complexity index is 749. The van der Waals surface area contributed by atoms with Crippen molar-refractivity contribution in [2.24, 2.45) is 0 Å². The third-order valence-electron chi connectivity index (χ3n) is 3.97. The van der Waals surface area contributed by atoms with Gasteiger partial charge in [-0.1, -0.05) is 6.07 Å². The van der Waals surface area contributed by atoms with Crippen LogP contribution in [0.1, 0.15) is 28.8 Å². The zero-order valence-electron chi connectivity index (χ0n) is 12.8. The first-order valence-electron chi connectivity index (χ1n) is 7.57.